The van der Waals surface area contributed by atoms with Gasteiger partial charge in [-0.25, -0.2) is 15.0 Å². The molecule has 4 aromatic rings. The van der Waals surface area contributed by atoms with Crippen molar-refractivity contribution in [1.29, 1.82) is 0 Å². The molecular formula is C28H37N9O. The van der Waals surface area contributed by atoms with E-state index in [1.54, 1.807) is 0 Å². The number of nitrogens with zero attached hydrogens (tertiary/aromatic N) is 8. The van der Waals surface area contributed by atoms with Gasteiger partial charge in [-0.1, -0.05) is 6.92 Å². The molecule has 1 N–H and O–H groups in total. The Morgan fingerprint density at radius 3 is 2.61 bits per heavy atom. The van der Waals surface area contributed by atoms with Crippen molar-refractivity contribution in [2.24, 2.45) is 0 Å². The van der Waals surface area contributed by atoms with Crippen LogP contribution in [0.25, 0.3) is 33.5 Å². The molecule has 0 atom stereocenters. The minimum absolute atomic E-state index is 0.449. The zero-order valence-corrected chi connectivity index (χ0v) is 22.6. The van der Waals surface area contributed by atoms with Gasteiger partial charge in [0.05, 0.1) is 37.3 Å². The fourth-order valence-electron chi connectivity index (χ4n) is 5.59. The highest BCUT2D eigenvalue weighted by atomic mass is 16.5. The van der Waals surface area contributed by atoms with Gasteiger partial charge in [0.1, 0.15) is 11.3 Å². The number of rotatable bonds is 7. The maximum absolute atomic E-state index is 5.55. The lowest BCUT2D eigenvalue weighted by Gasteiger charge is -2.31. The summed E-state index contributed by atoms with van der Waals surface area (Å²) in [6.07, 6.45) is 12.1. The van der Waals surface area contributed by atoms with Crippen LogP contribution < -0.4 is 4.90 Å². The molecule has 10 heteroatoms. The summed E-state index contributed by atoms with van der Waals surface area (Å²) >= 11 is 0. The Balaban J connectivity index is 1.30. The lowest BCUT2D eigenvalue weighted by atomic mass is 10.1. The molecule has 4 aromatic heterocycles. The zero-order valence-electron chi connectivity index (χ0n) is 22.6. The van der Waals surface area contributed by atoms with Crippen molar-refractivity contribution >= 4 is 17.0 Å². The number of fused-ring (bicyclic) bond motifs is 1. The number of pyridine rings is 1. The molecule has 2 aliphatic heterocycles. The van der Waals surface area contributed by atoms with Crippen LogP contribution in [0.3, 0.4) is 0 Å². The zero-order chi connectivity index (χ0) is 26.1. The summed E-state index contributed by atoms with van der Waals surface area (Å²) in [6, 6.07) is 2.66. The Morgan fingerprint density at radius 2 is 1.84 bits per heavy atom. The van der Waals surface area contributed by atoms with Crippen molar-refractivity contribution in [3.8, 4) is 22.4 Å². The van der Waals surface area contributed by atoms with Crippen molar-refractivity contribution in [3.05, 3.63) is 42.6 Å². The molecule has 2 saturated heterocycles. The molecule has 0 saturated carbocycles. The van der Waals surface area contributed by atoms with Crippen molar-refractivity contribution in [3.63, 3.8) is 0 Å². The van der Waals surface area contributed by atoms with E-state index in [-0.39, 0.29) is 0 Å². The van der Waals surface area contributed by atoms with Gasteiger partial charge in [0.15, 0.2) is 5.65 Å². The lowest BCUT2D eigenvalue weighted by Crippen LogP contribution is -2.37. The molecule has 6 rings (SSSR count). The summed E-state index contributed by atoms with van der Waals surface area (Å²) < 4.78 is 7.69. The summed E-state index contributed by atoms with van der Waals surface area (Å²) in [5.41, 5.74) is 6.69. The van der Waals surface area contributed by atoms with Gasteiger partial charge in [-0.3, -0.25) is 4.68 Å². The molecule has 38 heavy (non-hydrogen) atoms. The molecule has 0 aliphatic carbocycles. The molecule has 10 nitrogen and oxygen atoms in total. The predicted molar refractivity (Wildman–Crippen MR) is 149 cm³/mol. The molecule has 0 aromatic carbocycles. The molecule has 0 unspecified atom stereocenters. The number of hydrogen-bond donors (Lipinski definition) is 1. The van der Waals surface area contributed by atoms with Gasteiger partial charge in [0.25, 0.3) is 0 Å². The summed E-state index contributed by atoms with van der Waals surface area (Å²) in [4.78, 5) is 25.0. The number of anilines is 1. The van der Waals surface area contributed by atoms with Crippen LogP contribution in [0.2, 0.25) is 0 Å². The van der Waals surface area contributed by atoms with Gasteiger partial charge in [-0.05, 0) is 39.5 Å². The maximum Gasteiger partial charge on any atom is 0.156 e. The second-order valence-electron chi connectivity index (χ2n) is 10.6. The molecule has 200 valence electrons. The normalized spacial score (nSPS) is 17.6. The monoisotopic (exact) mass is 515 g/mol. The molecule has 0 amide bonds. The Morgan fingerprint density at radius 1 is 1.03 bits per heavy atom. The van der Waals surface area contributed by atoms with Gasteiger partial charge in [-0.2, -0.15) is 5.10 Å². The maximum atomic E-state index is 5.55. The van der Waals surface area contributed by atoms with Crippen molar-refractivity contribution in [1.82, 2.24) is 39.5 Å². The predicted octanol–water partition coefficient (Wildman–Crippen LogP) is 3.44. The van der Waals surface area contributed by atoms with Gasteiger partial charge >= 0.3 is 0 Å². The van der Waals surface area contributed by atoms with E-state index >= 15 is 0 Å². The fourth-order valence-corrected chi connectivity index (χ4v) is 5.59. The summed E-state index contributed by atoms with van der Waals surface area (Å²) in [5, 5.41) is 4.74. The standard InChI is InChI=1S/C28H37N9O/c1-4-35-7-5-23(6-8-35)37-19-22(15-32-37)24-16-29-27-26(24)33-25(17-30-27)20-13-21(18-34(2)3)28(31-14-20)36-9-11-38-12-10-36/h13-17,19,23H,4-12,18H2,1-3H3,(H,29,30). The van der Waals surface area contributed by atoms with Gasteiger partial charge in [0.2, 0.25) is 0 Å². The van der Waals surface area contributed by atoms with Crippen LogP contribution in [0.4, 0.5) is 5.82 Å². The highest BCUT2D eigenvalue weighted by Crippen LogP contribution is 2.31. The smallest absolute Gasteiger partial charge is 0.156 e. The van der Waals surface area contributed by atoms with E-state index in [9.17, 15) is 0 Å². The highest BCUT2D eigenvalue weighted by Gasteiger charge is 2.22. The number of aromatic nitrogens is 6. The van der Waals surface area contributed by atoms with E-state index in [0.29, 0.717) is 6.04 Å². The van der Waals surface area contributed by atoms with E-state index < -0.39 is 0 Å². The van der Waals surface area contributed by atoms with Crippen molar-refractivity contribution in [2.75, 3.05) is 64.9 Å². The molecular weight excluding hydrogens is 478 g/mol. The first-order chi connectivity index (χ1) is 18.6. The Bertz CT molecular complexity index is 1380. The summed E-state index contributed by atoms with van der Waals surface area (Å²) in [7, 11) is 4.17. The first kappa shape index (κ1) is 25.0. The van der Waals surface area contributed by atoms with Crippen molar-refractivity contribution < 1.29 is 4.74 Å². The second kappa shape index (κ2) is 10.8. The average Bonchev–Trinajstić information content (AvgIpc) is 3.60. The van der Waals surface area contributed by atoms with Crippen LogP contribution in [0, 0.1) is 0 Å². The molecule has 2 aliphatic rings. The summed E-state index contributed by atoms with van der Waals surface area (Å²) in [6.45, 7) is 9.60. The van der Waals surface area contributed by atoms with Crippen LogP contribution in [0.15, 0.2) is 37.1 Å². The first-order valence-corrected chi connectivity index (χ1v) is 13.7. The lowest BCUT2D eigenvalue weighted by molar-refractivity contribution is 0.122. The van der Waals surface area contributed by atoms with Crippen LogP contribution in [-0.4, -0.2) is 99.5 Å². The van der Waals surface area contributed by atoms with E-state index in [0.717, 1.165) is 105 Å². The molecule has 0 spiro atoms. The third kappa shape index (κ3) is 5.03. The third-order valence-corrected chi connectivity index (χ3v) is 7.71. The van der Waals surface area contributed by atoms with Gasteiger partial charge in [-0.15, -0.1) is 0 Å². The number of hydrogen-bond acceptors (Lipinski definition) is 8. The second-order valence-corrected chi connectivity index (χ2v) is 10.6. The number of nitrogens with one attached hydrogen (secondary N) is 1. The topological polar surface area (TPSA) is 91.2 Å². The number of likely N-dealkylation sites (tertiary alicyclic amines) is 1. The SMILES string of the molecule is CCN1CCC(n2cc(-c3c[nH]c4ncc(-c5cnc(N6CCOCC6)c(CN(C)C)c5)nc34)cn2)CC1. The van der Waals surface area contributed by atoms with Gasteiger partial charge in [0, 0.05) is 73.6 Å². The van der Waals surface area contributed by atoms with Crippen LogP contribution in [0.1, 0.15) is 31.4 Å². The van der Waals surface area contributed by atoms with E-state index in [1.807, 2.05) is 24.8 Å². The third-order valence-electron chi connectivity index (χ3n) is 7.71. The Kier molecular flexibility index (Phi) is 7.10. The highest BCUT2D eigenvalue weighted by molar-refractivity contribution is 5.91. The molecule has 6 heterocycles. The average molecular weight is 516 g/mol. The van der Waals surface area contributed by atoms with Crippen molar-refractivity contribution in [2.45, 2.75) is 32.4 Å². The molecule has 0 bridgehead atoms. The fraction of sp³-hybridized carbons (Fsp3) is 0.500. The number of morpholine rings is 1. The Labute approximate surface area is 223 Å². The van der Waals surface area contributed by atoms with Crippen LogP contribution in [0.5, 0.6) is 0 Å². The van der Waals surface area contributed by atoms with E-state index in [4.69, 9.17) is 24.8 Å². The largest absolute Gasteiger partial charge is 0.378 e. The van der Waals surface area contributed by atoms with Crippen LogP contribution in [-0.2, 0) is 11.3 Å². The minimum atomic E-state index is 0.449. The first-order valence-electron chi connectivity index (χ1n) is 13.7. The number of piperidine rings is 1. The number of aromatic amines is 1. The summed E-state index contributed by atoms with van der Waals surface area (Å²) in [5.74, 6) is 1.03. The minimum Gasteiger partial charge on any atom is -0.378 e. The quantitative estimate of drug-likeness (QED) is 0.400. The Hall–Kier alpha value is -3.34. The van der Waals surface area contributed by atoms with E-state index in [2.05, 4.69) is 57.6 Å². The number of H-pyrrole nitrogens is 1. The van der Waals surface area contributed by atoms with Crippen LogP contribution >= 0.6 is 0 Å². The van der Waals surface area contributed by atoms with Gasteiger partial charge < -0.3 is 24.4 Å². The molecule has 0 radical (unpaired) electrons. The number of ether oxygens (including phenoxy) is 1. The van der Waals surface area contributed by atoms with E-state index in [1.165, 1.54) is 5.56 Å². The molecule has 2 fully saturated rings.